The predicted octanol–water partition coefficient (Wildman–Crippen LogP) is 4.53. The van der Waals surface area contributed by atoms with Gasteiger partial charge in [0.15, 0.2) is 0 Å². The molecule has 1 amide bonds. The van der Waals surface area contributed by atoms with Gasteiger partial charge in [-0.2, -0.15) is 0 Å². The minimum atomic E-state index is 0.197. The lowest BCUT2D eigenvalue weighted by atomic mass is 9.92. The fourth-order valence-corrected chi connectivity index (χ4v) is 2.60. The van der Waals surface area contributed by atoms with Crippen LogP contribution in [0.4, 0.5) is 5.69 Å². The summed E-state index contributed by atoms with van der Waals surface area (Å²) in [5.74, 6) is 1.81. The van der Waals surface area contributed by atoms with Crippen molar-refractivity contribution in [3.8, 4) is 0 Å². The Balaban J connectivity index is 2.32. The van der Waals surface area contributed by atoms with Crippen LogP contribution in [0.2, 0.25) is 0 Å². The summed E-state index contributed by atoms with van der Waals surface area (Å²) in [6, 6.07) is 6.35. The molecule has 0 spiro atoms. The van der Waals surface area contributed by atoms with Crippen LogP contribution in [0.15, 0.2) is 18.2 Å². The van der Waals surface area contributed by atoms with Gasteiger partial charge in [0, 0.05) is 11.6 Å². The number of carbonyl (C=O) groups excluding carboxylic acids is 1. The minimum absolute atomic E-state index is 0.197. The lowest BCUT2D eigenvalue weighted by molar-refractivity contribution is -0.117. The fourth-order valence-electron chi connectivity index (χ4n) is 2.60. The first kappa shape index (κ1) is 14.1. The van der Waals surface area contributed by atoms with E-state index >= 15 is 0 Å². The normalized spacial score (nSPS) is 21.8. The van der Waals surface area contributed by atoms with Gasteiger partial charge in [0.05, 0.1) is 0 Å². The summed E-state index contributed by atoms with van der Waals surface area (Å²) in [4.78, 5) is 12.2. The van der Waals surface area contributed by atoms with Crippen LogP contribution < -0.4 is 5.32 Å². The molecule has 1 aromatic carbocycles. The molecule has 1 aromatic rings. The van der Waals surface area contributed by atoms with Gasteiger partial charge in [-0.3, -0.25) is 4.79 Å². The molecule has 104 valence electrons. The molecule has 2 rings (SSSR count). The lowest BCUT2D eigenvalue weighted by Gasteiger charge is -2.20. The van der Waals surface area contributed by atoms with E-state index in [2.05, 4.69) is 58.1 Å². The van der Waals surface area contributed by atoms with Gasteiger partial charge in [-0.05, 0) is 35.3 Å². The van der Waals surface area contributed by atoms with Gasteiger partial charge >= 0.3 is 0 Å². The van der Waals surface area contributed by atoms with Gasteiger partial charge < -0.3 is 5.32 Å². The van der Waals surface area contributed by atoms with Crippen LogP contribution in [-0.2, 0) is 4.79 Å². The van der Waals surface area contributed by atoms with Gasteiger partial charge in [-0.1, -0.05) is 52.8 Å². The first-order valence-corrected chi connectivity index (χ1v) is 7.35. The third-order valence-corrected chi connectivity index (χ3v) is 4.07. The summed E-state index contributed by atoms with van der Waals surface area (Å²) in [7, 11) is 0. The van der Waals surface area contributed by atoms with Crippen molar-refractivity contribution in [3.05, 3.63) is 29.3 Å². The van der Waals surface area contributed by atoms with E-state index in [4.69, 9.17) is 0 Å². The number of carbonyl (C=O) groups is 1. The molecule has 1 aliphatic rings. The summed E-state index contributed by atoms with van der Waals surface area (Å²) < 4.78 is 0. The fraction of sp³-hybridized carbons (Fsp3) is 0.588. The second-order valence-electron chi connectivity index (χ2n) is 6.43. The average Bonchev–Trinajstić information content (AvgIpc) is 3.06. The second kappa shape index (κ2) is 5.36. The standard InChI is InChI=1S/C17H25NO/c1-10(2)13-7-6-8-14(11(3)4)16(13)18-17(19)15-9-12(15)5/h6-8,10-12,15H,9H2,1-5H3,(H,18,19)/t12-,15+/m0/s1. The van der Waals surface area contributed by atoms with Crippen LogP contribution in [0.25, 0.3) is 0 Å². The van der Waals surface area contributed by atoms with Crippen LogP contribution in [0, 0.1) is 11.8 Å². The van der Waals surface area contributed by atoms with Crippen molar-refractivity contribution in [1.29, 1.82) is 0 Å². The monoisotopic (exact) mass is 259 g/mol. The van der Waals surface area contributed by atoms with Crippen molar-refractivity contribution in [3.63, 3.8) is 0 Å². The molecule has 1 fully saturated rings. The summed E-state index contributed by atoms with van der Waals surface area (Å²) in [5, 5.41) is 3.20. The van der Waals surface area contributed by atoms with E-state index in [1.54, 1.807) is 0 Å². The number of para-hydroxylation sites is 1. The number of rotatable bonds is 4. The van der Waals surface area contributed by atoms with Crippen molar-refractivity contribution >= 4 is 11.6 Å². The second-order valence-corrected chi connectivity index (χ2v) is 6.43. The molecule has 0 aliphatic heterocycles. The van der Waals surface area contributed by atoms with Crippen LogP contribution in [0.3, 0.4) is 0 Å². The van der Waals surface area contributed by atoms with Gasteiger partial charge in [0.25, 0.3) is 0 Å². The van der Waals surface area contributed by atoms with E-state index in [1.165, 1.54) is 11.1 Å². The number of anilines is 1. The van der Waals surface area contributed by atoms with Gasteiger partial charge in [-0.25, -0.2) is 0 Å². The number of hydrogen-bond donors (Lipinski definition) is 1. The maximum Gasteiger partial charge on any atom is 0.227 e. The Hall–Kier alpha value is -1.31. The average molecular weight is 259 g/mol. The third kappa shape index (κ3) is 2.99. The van der Waals surface area contributed by atoms with Crippen LogP contribution in [-0.4, -0.2) is 5.91 Å². The third-order valence-electron chi connectivity index (χ3n) is 4.07. The molecular formula is C17H25NO. The zero-order valence-corrected chi connectivity index (χ0v) is 12.7. The first-order chi connectivity index (χ1) is 8.91. The molecule has 0 saturated heterocycles. The molecule has 0 radical (unpaired) electrons. The van der Waals surface area contributed by atoms with Crippen molar-refractivity contribution in [2.45, 2.75) is 52.9 Å². The van der Waals surface area contributed by atoms with Crippen LogP contribution in [0.5, 0.6) is 0 Å². The first-order valence-electron chi connectivity index (χ1n) is 7.35. The smallest absolute Gasteiger partial charge is 0.227 e. The highest BCUT2D eigenvalue weighted by molar-refractivity contribution is 5.96. The van der Waals surface area contributed by atoms with Crippen LogP contribution >= 0.6 is 0 Å². The molecule has 0 bridgehead atoms. The highest BCUT2D eigenvalue weighted by Gasteiger charge is 2.39. The molecule has 2 atom stereocenters. The molecule has 1 aliphatic carbocycles. The zero-order chi connectivity index (χ0) is 14.2. The number of benzene rings is 1. The van der Waals surface area contributed by atoms with Crippen molar-refractivity contribution in [1.82, 2.24) is 0 Å². The van der Waals surface area contributed by atoms with E-state index in [0.29, 0.717) is 17.8 Å². The van der Waals surface area contributed by atoms with E-state index in [-0.39, 0.29) is 11.8 Å². The Morgan fingerprint density at radius 2 is 1.63 bits per heavy atom. The highest BCUT2D eigenvalue weighted by atomic mass is 16.2. The molecule has 1 saturated carbocycles. The number of nitrogens with one attached hydrogen (secondary N) is 1. The Morgan fingerprint density at radius 3 is 2.00 bits per heavy atom. The largest absolute Gasteiger partial charge is 0.325 e. The number of hydrogen-bond acceptors (Lipinski definition) is 1. The van der Waals surface area contributed by atoms with Gasteiger partial charge in [0.1, 0.15) is 0 Å². The van der Waals surface area contributed by atoms with Crippen molar-refractivity contribution in [2.75, 3.05) is 5.32 Å². The lowest BCUT2D eigenvalue weighted by Crippen LogP contribution is -2.18. The molecule has 19 heavy (non-hydrogen) atoms. The maximum absolute atomic E-state index is 12.2. The SMILES string of the molecule is CC(C)c1cccc(C(C)C)c1NC(=O)[C@@H]1C[C@@H]1C. The van der Waals surface area contributed by atoms with Crippen LogP contribution in [0.1, 0.15) is 64.0 Å². The Labute approximate surface area is 116 Å². The Bertz CT molecular complexity index is 450. The van der Waals surface area contributed by atoms with E-state index in [0.717, 1.165) is 12.1 Å². The minimum Gasteiger partial charge on any atom is -0.325 e. The molecule has 2 nitrogen and oxygen atoms in total. The zero-order valence-electron chi connectivity index (χ0n) is 12.7. The summed E-state index contributed by atoms with van der Waals surface area (Å²) in [5.41, 5.74) is 3.54. The molecule has 0 unspecified atom stereocenters. The quantitative estimate of drug-likeness (QED) is 0.845. The van der Waals surface area contributed by atoms with Crippen molar-refractivity contribution < 1.29 is 4.79 Å². The summed E-state index contributed by atoms with van der Waals surface area (Å²) in [6.45, 7) is 10.8. The Morgan fingerprint density at radius 1 is 1.16 bits per heavy atom. The van der Waals surface area contributed by atoms with E-state index in [1.807, 2.05) is 0 Å². The summed E-state index contributed by atoms with van der Waals surface area (Å²) in [6.07, 6.45) is 1.03. The Kier molecular flexibility index (Phi) is 3.98. The molecule has 1 N–H and O–H groups in total. The highest BCUT2D eigenvalue weighted by Crippen LogP contribution is 2.40. The molecule has 0 heterocycles. The maximum atomic E-state index is 12.2. The van der Waals surface area contributed by atoms with Gasteiger partial charge in [-0.15, -0.1) is 0 Å². The number of amides is 1. The van der Waals surface area contributed by atoms with E-state index in [9.17, 15) is 4.79 Å². The predicted molar refractivity (Wildman–Crippen MR) is 80.5 cm³/mol. The molecule has 2 heteroatoms. The topological polar surface area (TPSA) is 29.1 Å². The van der Waals surface area contributed by atoms with E-state index < -0.39 is 0 Å². The van der Waals surface area contributed by atoms with Crippen molar-refractivity contribution in [2.24, 2.45) is 11.8 Å². The van der Waals surface area contributed by atoms with Gasteiger partial charge in [0.2, 0.25) is 5.91 Å². The molecular weight excluding hydrogens is 234 g/mol. The summed E-state index contributed by atoms with van der Waals surface area (Å²) >= 11 is 0. The molecule has 0 aromatic heterocycles.